The van der Waals surface area contributed by atoms with Crippen molar-refractivity contribution in [1.82, 2.24) is 0 Å². The van der Waals surface area contributed by atoms with Crippen LogP contribution in [-0.4, -0.2) is 15.8 Å². The molecule has 0 aliphatic rings. The molecule has 0 atom stereocenters. The number of ether oxygens (including phenoxy) is 1. The van der Waals surface area contributed by atoms with Gasteiger partial charge in [-0.1, -0.05) is 48.5 Å². The minimum Gasteiger partial charge on any atom is -0.458 e. The summed E-state index contributed by atoms with van der Waals surface area (Å²) in [6.07, 6.45) is 2.28. The van der Waals surface area contributed by atoms with E-state index in [1.165, 1.54) is 18.2 Å². The topological polar surface area (TPSA) is 83.8 Å². The number of carbonyl (C=O) groups is 1. The third kappa shape index (κ3) is 5.06. The Hall–Kier alpha value is -2.34. The first-order valence-corrected chi connectivity index (χ1v) is 8.74. The van der Waals surface area contributed by atoms with E-state index in [1.807, 2.05) is 6.07 Å². The molecule has 2 aromatic carbocycles. The summed E-state index contributed by atoms with van der Waals surface area (Å²) in [4.78, 5) is 29.2. The van der Waals surface area contributed by atoms with Crippen LogP contribution in [0.25, 0.3) is 6.08 Å². The van der Waals surface area contributed by atoms with Gasteiger partial charge in [0.1, 0.15) is 6.61 Å². The van der Waals surface area contributed by atoms with Gasteiger partial charge in [0.2, 0.25) is 0 Å². The molecule has 8 heteroatoms. The van der Waals surface area contributed by atoms with Crippen molar-refractivity contribution in [3.63, 3.8) is 0 Å². The average Bonchev–Trinajstić information content (AvgIpc) is 2.58. The number of benzene rings is 2. The molecule has 0 aliphatic heterocycles. The van der Waals surface area contributed by atoms with Crippen molar-refractivity contribution < 1.29 is 32.7 Å². The Kier molecular flexibility index (Phi) is 5.85. The van der Waals surface area contributed by atoms with Gasteiger partial charge in [-0.05, 0) is 23.3 Å². The predicted molar refractivity (Wildman–Crippen MR) is 87.7 cm³/mol. The van der Waals surface area contributed by atoms with Crippen LogP contribution >= 0.6 is 7.60 Å². The number of rotatable bonds is 6. The summed E-state index contributed by atoms with van der Waals surface area (Å²) in [5, 5.41) is 0. The standard InChI is InChI=1S/C17H15F2O5P/c18-17(19,25(21,22)23)15-8-4-7-13(11-15)9-10-16(20)24-12-14-5-2-1-3-6-14/h1-11H,12H2,(H2,21,22,23)/b10-9-. The maximum atomic E-state index is 13.7. The van der Waals surface area contributed by atoms with Gasteiger partial charge >= 0.3 is 19.2 Å². The molecule has 0 radical (unpaired) electrons. The summed E-state index contributed by atoms with van der Waals surface area (Å²) >= 11 is 0. The zero-order valence-corrected chi connectivity index (χ0v) is 13.8. The van der Waals surface area contributed by atoms with Crippen LogP contribution in [0.2, 0.25) is 0 Å². The monoisotopic (exact) mass is 368 g/mol. The summed E-state index contributed by atoms with van der Waals surface area (Å²) in [5.74, 6) is -0.670. The second-order valence-corrected chi connectivity index (χ2v) is 6.79. The van der Waals surface area contributed by atoms with Crippen LogP contribution in [0.4, 0.5) is 8.78 Å². The Balaban J connectivity index is 2.05. The summed E-state index contributed by atoms with van der Waals surface area (Å²) in [5.41, 5.74) is -4.15. The lowest BCUT2D eigenvalue weighted by Crippen LogP contribution is -2.13. The van der Waals surface area contributed by atoms with Crippen molar-refractivity contribution in [3.05, 3.63) is 77.4 Å². The molecule has 132 valence electrons. The van der Waals surface area contributed by atoms with E-state index >= 15 is 0 Å². The van der Waals surface area contributed by atoms with E-state index in [4.69, 9.17) is 14.5 Å². The number of hydrogen-bond acceptors (Lipinski definition) is 3. The van der Waals surface area contributed by atoms with Gasteiger partial charge in [0.05, 0.1) is 0 Å². The van der Waals surface area contributed by atoms with Crippen LogP contribution < -0.4 is 0 Å². The summed E-state index contributed by atoms with van der Waals surface area (Å²) in [6.45, 7) is 0.0698. The van der Waals surface area contributed by atoms with Crippen LogP contribution in [0.3, 0.4) is 0 Å². The molecule has 0 saturated carbocycles. The number of carbonyl (C=O) groups excluding carboxylic acids is 1. The molecule has 0 spiro atoms. The van der Waals surface area contributed by atoms with Gasteiger partial charge in [0.25, 0.3) is 0 Å². The first-order valence-electron chi connectivity index (χ1n) is 7.13. The summed E-state index contributed by atoms with van der Waals surface area (Å²) in [7, 11) is -5.64. The highest BCUT2D eigenvalue weighted by atomic mass is 31.2. The minimum atomic E-state index is -5.64. The first kappa shape index (κ1) is 19.0. The fourth-order valence-corrected chi connectivity index (χ4v) is 2.41. The van der Waals surface area contributed by atoms with Gasteiger partial charge in [0, 0.05) is 11.6 Å². The normalized spacial score (nSPS) is 12.3. The zero-order chi connectivity index (χ0) is 18.5. The highest BCUT2D eigenvalue weighted by molar-refractivity contribution is 7.52. The number of halogens is 2. The molecule has 0 amide bonds. The number of hydrogen-bond donors (Lipinski definition) is 2. The van der Waals surface area contributed by atoms with Gasteiger partial charge in [0.15, 0.2) is 0 Å². The molecule has 2 rings (SSSR count). The van der Waals surface area contributed by atoms with E-state index in [1.54, 1.807) is 24.3 Å². The van der Waals surface area contributed by atoms with Crippen molar-refractivity contribution >= 4 is 19.6 Å². The van der Waals surface area contributed by atoms with Crippen molar-refractivity contribution in [3.8, 4) is 0 Å². The second-order valence-electron chi connectivity index (χ2n) is 5.14. The highest BCUT2D eigenvalue weighted by Crippen LogP contribution is 2.59. The zero-order valence-electron chi connectivity index (χ0n) is 12.9. The first-order chi connectivity index (χ1) is 11.7. The molecule has 0 unspecified atom stereocenters. The second kappa shape index (κ2) is 7.70. The smallest absolute Gasteiger partial charge is 0.399 e. The van der Waals surface area contributed by atoms with Gasteiger partial charge in [-0.3, -0.25) is 4.57 Å². The summed E-state index contributed by atoms with van der Waals surface area (Å²) in [6, 6.07) is 13.4. The van der Waals surface area contributed by atoms with Crippen molar-refractivity contribution in [2.45, 2.75) is 12.3 Å². The van der Waals surface area contributed by atoms with Crippen molar-refractivity contribution in [2.24, 2.45) is 0 Å². The molecule has 0 aliphatic carbocycles. The molecule has 5 nitrogen and oxygen atoms in total. The quantitative estimate of drug-likeness (QED) is 0.462. The largest absolute Gasteiger partial charge is 0.458 e. The SMILES string of the molecule is O=C(/C=C\c1cccc(C(F)(F)P(=O)(O)O)c1)OCc1ccccc1. The molecular weight excluding hydrogens is 353 g/mol. The van der Waals surface area contributed by atoms with Crippen molar-refractivity contribution in [2.75, 3.05) is 0 Å². The Bertz CT molecular complexity index is 815. The van der Waals surface area contributed by atoms with Crippen LogP contribution in [0, 0.1) is 0 Å². The summed E-state index contributed by atoms with van der Waals surface area (Å²) < 4.78 is 43.2. The van der Waals surface area contributed by atoms with Gasteiger partial charge in [-0.2, -0.15) is 8.78 Å². The van der Waals surface area contributed by atoms with Crippen LogP contribution in [0.5, 0.6) is 0 Å². The molecule has 0 bridgehead atoms. The third-order valence-corrected chi connectivity index (χ3v) is 4.23. The number of alkyl halides is 2. The van der Waals surface area contributed by atoms with Crippen LogP contribution in [0.1, 0.15) is 16.7 Å². The van der Waals surface area contributed by atoms with Gasteiger partial charge in [-0.25, -0.2) is 4.79 Å². The van der Waals surface area contributed by atoms with Gasteiger partial charge in [-0.15, -0.1) is 0 Å². The van der Waals surface area contributed by atoms with E-state index in [-0.39, 0.29) is 12.2 Å². The lowest BCUT2D eigenvalue weighted by Gasteiger charge is -2.18. The van der Waals surface area contributed by atoms with E-state index in [2.05, 4.69) is 0 Å². The maximum Gasteiger partial charge on any atom is 0.399 e. The van der Waals surface area contributed by atoms with Crippen molar-refractivity contribution in [1.29, 1.82) is 0 Å². The molecule has 2 N–H and O–H groups in total. The Labute approximate surface area is 142 Å². The lowest BCUT2D eigenvalue weighted by molar-refractivity contribution is -0.138. The molecular formula is C17H15F2O5P. The average molecular weight is 368 g/mol. The van der Waals surface area contributed by atoms with E-state index in [0.717, 1.165) is 23.8 Å². The molecule has 0 saturated heterocycles. The molecule has 2 aromatic rings. The van der Waals surface area contributed by atoms with E-state index in [0.29, 0.717) is 0 Å². The number of esters is 1. The third-order valence-electron chi connectivity index (χ3n) is 3.24. The Morgan fingerprint density at radius 1 is 1.12 bits per heavy atom. The predicted octanol–water partition coefficient (Wildman–Crippen LogP) is 3.67. The molecule has 0 fully saturated rings. The Morgan fingerprint density at radius 2 is 1.80 bits per heavy atom. The Morgan fingerprint density at radius 3 is 2.44 bits per heavy atom. The lowest BCUT2D eigenvalue weighted by atomic mass is 10.1. The minimum absolute atomic E-state index is 0.0698. The van der Waals surface area contributed by atoms with Crippen LogP contribution in [0.15, 0.2) is 60.7 Å². The van der Waals surface area contributed by atoms with Crippen LogP contribution in [-0.2, 0) is 26.4 Å². The molecule has 0 heterocycles. The fraction of sp³-hybridized carbons (Fsp3) is 0.118. The molecule has 0 aromatic heterocycles. The van der Waals surface area contributed by atoms with Gasteiger partial charge < -0.3 is 14.5 Å². The highest BCUT2D eigenvalue weighted by Gasteiger charge is 2.50. The molecule has 25 heavy (non-hydrogen) atoms. The van der Waals surface area contributed by atoms with E-state index in [9.17, 15) is 18.1 Å². The fourth-order valence-electron chi connectivity index (χ4n) is 1.94. The van der Waals surface area contributed by atoms with E-state index < -0.39 is 24.8 Å². The maximum absolute atomic E-state index is 13.7.